The van der Waals surface area contributed by atoms with E-state index in [4.69, 9.17) is 0 Å². The van der Waals surface area contributed by atoms with E-state index < -0.39 is 5.25 Å². The summed E-state index contributed by atoms with van der Waals surface area (Å²) in [5.74, 6) is 0.861. The molecule has 1 aromatic heterocycles. The summed E-state index contributed by atoms with van der Waals surface area (Å²) in [4.78, 5) is 16.0. The fourth-order valence-corrected chi connectivity index (χ4v) is 5.49. The van der Waals surface area contributed by atoms with Crippen molar-refractivity contribution in [2.24, 2.45) is 0 Å². The van der Waals surface area contributed by atoms with E-state index in [-0.39, 0.29) is 5.91 Å². The van der Waals surface area contributed by atoms with Crippen LogP contribution in [0.4, 0.5) is 5.69 Å². The smallest absolute Gasteiger partial charge is 0.242 e. The van der Waals surface area contributed by atoms with E-state index in [1.807, 2.05) is 67.6 Å². The van der Waals surface area contributed by atoms with Gasteiger partial charge < -0.3 is 9.88 Å². The molecule has 1 unspecified atom stereocenters. The summed E-state index contributed by atoms with van der Waals surface area (Å²) in [7, 11) is 0. The Hall–Kier alpha value is -3.42. The van der Waals surface area contributed by atoms with Gasteiger partial charge in [0, 0.05) is 5.69 Å². The number of hydrogen-bond acceptors (Lipinski definition) is 5. The van der Waals surface area contributed by atoms with Crippen LogP contribution in [0, 0.1) is 6.92 Å². The summed E-state index contributed by atoms with van der Waals surface area (Å²) in [5.41, 5.74) is 4.05. The largest absolute Gasteiger partial charge is 0.325 e. The van der Waals surface area contributed by atoms with Crippen molar-refractivity contribution >= 4 is 23.4 Å². The molecule has 1 atom stereocenters. The molecule has 1 saturated heterocycles. The van der Waals surface area contributed by atoms with Gasteiger partial charge in [0.25, 0.3) is 0 Å². The van der Waals surface area contributed by atoms with Crippen molar-refractivity contribution in [3.63, 3.8) is 0 Å². The van der Waals surface area contributed by atoms with E-state index in [9.17, 15) is 4.79 Å². The minimum absolute atomic E-state index is 0.0783. The number of nitrogens with zero attached hydrogens (tertiary/aromatic N) is 4. The van der Waals surface area contributed by atoms with Crippen molar-refractivity contribution in [2.45, 2.75) is 43.3 Å². The summed E-state index contributed by atoms with van der Waals surface area (Å²) in [6, 6.07) is 28.1. The maximum atomic E-state index is 13.6. The molecule has 0 spiro atoms. The molecule has 36 heavy (non-hydrogen) atoms. The predicted molar refractivity (Wildman–Crippen MR) is 145 cm³/mol. The lowest BCUT2D eigenvalue weighted by atomic mass is 10.1. The fourth-order valence-electron chi connectivity index (χ4n) is 4.44. The molecule has 4 aromatic rings. The average Bonchev–Trinajstić information content (AvgIpc) is 3.56. The van der Waals surface area contributed by atoms with E-state index in [1.165, 1.54) is 30.2 Å². The lowest BCUT2D eigenvalue weighted by Gasteiger charge is -2.19. The standard InChI is InChI=1S/C29H31N5OS/c1-22-14-16-25(17-15-22)30-28(35)27(24-12-6-3-7-13-24)36-29-32-31-26(21-33-18-8-9-19-33)34(29)20-23-10-4-2-5-11-23/h2-7,10-17,27H,8-9,18-21H2,1H3,(H,30,35). The Bertz CT molecular complexity index is 1270. The van der Waals surface area contributed by atoms with Crippen LogP contribution in [0.3, 0.4) is 0 Å². The van der Waals surface area contributed by atoms with Crippen molar-refractivity contribution in [3.05, 3.63) is 107 Å². The van der Waals surface area contributed by atoms with Crippen molar-refractivity contribution in [1.29, 1.82) is 0 Å². The number of anilines is 1. The predicted octanol–water partition coefficient (Wildman–Crippen LogP) is 5.70. The molecule has 1 amide bonds. The Morgan fingerprint density at radius 3 is 2.25 bits per heavy atom. The summed E-state index contributed by atoms with van der Waals surface area (Å²) in [5, 5.41) is 12.6. The number of nitrogens with one attached hydrogen (secondary N) is 1. The van der Waals surface area contributed by atoms with Gasteiger partial charge in [0.2, 0.25) is 5.91 Å². The third-order valence-corrected chi connectivity index (χ3v) is 7.66. The lowest BCUT2D eigenvalue weighted by molar-refractivity contribution is -0.115. The van der Waals surface area contributed by atoms with Crippen molar-refractivity contribution in [1.82, 2.24) is 19.7 Å². The monoisotopic (exact) mass is 497 g/mol. The first-order chi connectivity index (χ1) is 17.7. The molecule has 184 valence electrons. The van der Waals surface area contributed by atoms with Crippen LogP contribution in [-0.2, 0) is 17.9 Å². The lowest BCUT2D eigenvalue weighted by Crippen LogP contribution is -2.22. The second-order valence-electron chi connectivity index (χ2n) is 9.22. The van der Waals surface area contributed by atoms with Gasteiger partial charge in [0.15, 0.2) is 5.16 Å². The van der Waals surface area contributed by atoms with E-state index >= 15 is 0 Å². The molecule has 7 heteroatoms. The van der Waals surface area contributed by atoms with Crippen LogP contribution < -0.4 is 5.32 Å². The molecule has 1 N–H and O–H groups in total. The minimum Gasteiger partial charge on any atom is -0.325 e. The maximum Gasteiger partial charge on any atom is 0.242 e. The van der Waals surface area contributed by atoms with Gasteiger partial charge in [-0.05, 0) is 56.1 Å². The highest BCUT2D eigenvalue weighted by molar-refractivity contribution is 8.00. The first kappa shape index (κ1) is 24.3. The van der Waals surface area contributed by atoms with Gasteiger partial charge in [0.05, 0.1) is 13.1 Å². The molecule has 1 aliphatic heterocycles. The first-order valence-electron chi connectivity index (χ1n) is 12.4. The molecule has 3 aromatic carbocycles. The fraction of sp³-hybridized carbons (Fsp3) is 0.276. The number of benzene rings is 3. The summed E-state index contributed by atoms with van der Waals surface area (Å²) < 4.78 is 2.17. The van der Waals surface area contributed by atoms with Crippen LogP contribution in [0.5, 0.6) is 0 Å². The Morgan fingerprint density at radius 1 is 0.889 bits per heavy atom. The van der Waals surface area contributed by atoms with Gasteiger partial charge >= 0.3 is 0 Å². The Kier molecular flexibility index (Phi) is 7.79. The average molecular weight is 498 g/mol. The topological polar surface area (TPSA) is 63.1 Å². The number of carbonyl (C=O) groups is 1. The van der Waals surface area contributed by atoms with Crippen molar-refractivity contribution in [2.75, 3.05) is 18.4 Å². The van der Waals surface area contributed by atoms with Crippen molar-refractivity contribution < 1.29 is 4.79 Å². The highest BCUT2D eigenvalue weighted by Gasteiger charge is 2.27. The zero-order valence-corrected chi connectivity index (χ0v) is 21.3. The Labute approximate surface area is 216 Å². The quantitative estimate of drug-likeness (QED) is 0.301. The summed E-state index contributed by atoms with van der Waals surface area (Å²) in [6.07, 6.45) is 2.45. The van der Waals surface area contributed by atoms with Gasteiger partial charge in [-0.1, -0.05) is 90.1 Å². The van der Waals surface area contributed by atoms with E-state index in [2.05, 4.69) is 49.2 Å². The van der Waals surface area contributed by atoms with Gasteiger partial charge in [-0.3, -0.25) is 9.69 Å². The van der Waals surface area contributed by atoms with Crippen LogP contribution >= 0.6 is 11.8 Å². The maximum absolute atomic E-state index is 13.6. The zero-order chi connectivity index (χ0) is 24.7. The highest BCUT2D eigenvalue weighted by atomic mass is 32.2. The molecule has 2 heterocycles. The normalized spacial score (nSPS) is 14.6. The SMILES string of the molecule is Cc1ccc(NC(=O)C(Sc2nnc(CN3CCCC3)n2Cc2ccccc2)c2ccccc2)cc1. The van der Waals surface area contributed by atoms with Crippen LogP contribution in [0.1, 0.15) is 40.6 Å². The van der Waals surface area contributed by atoms with Gasteiger partial charge in [-0.2, -0.15) is 0 Å². The molecule has 1 aliphatic rings. The molecule has 0 radical (unpaired) electrons. The Morgan fingerprint density at radius 2 is 1.56 bits per heavy atom. The van der Waals surface area contributed by atoms with Crippen LogP contribution in [0.15, 0.2) is 90.1 Å². The molecular weight excluding hydrogens is 466 g/mol. The molecule has 6 nitrogen and oxygen atoms in total. The number of rotatable bonds is 9. The second-order valence-corrected chi connectivity index (χ2v) is 10.3. The number of aryl methyl sites for hydroxylation is 1. The van der Waals surface area contributed by atoms with E-state index in [0.717, 1.165) is 47.4 Å². The van der Waals surface area contributed by atoms with Crippen LogP contribution in [0.2, 0.25) is 0 Å². The van der Waals surface area contributed by atoms with Crippen LogP contribution in [0.25, 0.3) is 0 Å². The van der Waals surface area contributed by atoms with Gasteiger partial charge in [0.1, 0.15) is 11.1 Å². The molecule has 5 rings (SSSR count). The first-order valence-corrected chi connectivity index (χ1v) is 13.3. The molecule has 0 aliphatic carbocycles. The molecule has 0 bridgehead atoms. The number of thioether (sulfide) groups is 1. The zero-order valence-electron chi connectivity index (χ0n) is 20.5. The number of aromatic nitrogens is 3. The van der Waals surface area contributed by atoms with E-state index in [0.29, 0.717) is 6.54 Å². The molecular formula is C29H31N5OS. The minimum atomic E-state index is -0.467. The number of likely N-dealkylation sites (tertiary alicyclic amines) is 1. The summed E-state index contributed by atoms with van der Waals surface area (Å²) in [6.45, 7) is 5.65. The third kappa shape index (κ3) is 6.04. The third-order valence-electron chi connectivity index (χ3n) is 6.42. The van der Waals surface area contributed by atoms with Gasteiger partial charge in [-0.25, -0.2) is 0 Å². The number of amides is 1. The van der Waals surface area contributed by atoms with Crippen LogP contribution in [-0.4, -0.2) is 38.7 Å². The van der Waals surface area contributed by atoms with Gasteiger partial charge in [-0.15, -0.1) is 10.2 Å². The van der Waals surface area contributed by atoms with E-state index in [1.54, 1.807) is 0 Å². The van der Waals surface area contributed by atoms with Crippen molar-refractivity contribution in [3.8, 4) is 0 Å². The Balaban J connectivity index is 1.45. The summed E-state index contributed by atoms with van der Waals surface area (Å²) >= 11 is 1.46. The molecule has 1 fully saturated rings. The number of carbonyl (C=O) groups excluding carboxylic acids is 1. The number of hydrogen-bond donors (Lipinski definition) is 1. The second kappa shape index (κ2) is 11.5. The highest BCUT2D eigenvalue weighted by Crippen LogP contribution is 2.36. The molecule has 0 saturated carbocycles.